The van der Waals surface area contributed by atoms with E-state index in [9.17, 15) is 9.18 Å². The van der Waals surface area contributed by atoms with Gasteiger partial charge in [0.05, 0.1) is 5.52 Å². The third kappa shape index (κ3) is 3.40. The molecule has 6 nitrogen and oxygen atoms in total. The number of fused-ring (bicyclic) bond motifs is 1. The summed E-state index contributed by atoms with van der Waals surface area (Å²) in [6.07, 6.45) is 0. The number of nitrogens with zero attached hydrogens (tertiary/aromatic N) is 2. The number of anilines is 3. The minimum atomic E-state index is -0.989. The van der Waals surface area contributed by atoms with E-state index in [1.165, 1.54) is 19.1 Å². The number of aromatic nitrogens is 2. The largest absolute Gasteiger partial charge is 0.480 e. The second-order valence-electron chi connectivity index (χ2n) is 5.25. The first-order valence-corrected chi connectivity index (χ1v) is 7.31. The molecule has 0 aliphatic heterocycles. The number of nitrogens with one attached hydrogen (secondary N) is 2. The first-order valence-electron chi connectivity index (χ1n) is 7.31. The molecule has 0 aliphatic rings. The highest BCUT2D eigenvalue weighted by Gasteiger charge is 2.14. The minimum absolute atomic E-state index is 0.249. The van der Waals surface area contributed by atoms with Gasteiger partial charge in [0.1, 0.15) is 17.7 Å². The molecule has 0 radical (unpaired) electrons. The number of benzene rings is 2. The highest BCUT2D eigenvalue weighted by Crippen LogP contribution is 2.24. The van der Waals surface area contributed by atoms with Gasteiger partial charge in [-0.2, -0.15) is 4.98 Å². The number of carboxylic acid groups (broad SMARTS) is 1. The number of hydrogen-bond acceptors (Lipinski definition) is 5. The Labute approximate surface area is 137 Å². The lowest BCUT2D eigenvalue weighted by molar-refractivity contribution is -0.137. The summed E-state index contributed by atoms with van der Waals surface area (Å²) in [5.74, 6) is -0.718. The summed E-state index contributed by atoms with van der Waals surface area (Å²) in [6.45, 7) is 1.53. The average molecular weight is 326 g/mol. The molecule has 0 aliphatic carbocycles. The average Bonchev–Trinajstić information content (AvgIpc) is 2.54. The van der Waals surface area contributed by atoms with Crippen LogP contribution in [-0.2, 0) is 4.79 Å². The summed E-state index contributed by atoms with van der Waals surface area (Å²) in [5.41, 5.74) is 1.15. The van der Waals surface area contributed by atoms with Crippen molar-refractivity contribution >= 4 is 34.3 Å². The van der Waals surface area contributed by atoms with Gasteiger partial charge in [0.15, 0.2) is 0 Å². The lowest BCUT2D eigenvalue weighted by Crippen LogP contribution is -2.26. The fraction of sp³-hybridized carbons (Fsp3) is 0.118. The van der Waals surface area contributed by atoms with E-state index >= 15 is 0 Å². The van der Waals surface area contributed by atoms with Crippen LogP contribution in [0.4, 0.5) is 21.8 Å². The molecule has 1 heterocycles. The van der Waals surface area contributed by atoms with E-state index in [-0.39, 0.29) is 11.8 Å². The lowest BCUT2D eigenvalue weighted by Gasteiger charge is -2.14. The van der Waals surface area contributed by atoms with Gasteiger partial charge in [0.25, 0.3) is 0 Å². The van der Waals surface area contributed by atoms with Crippen LogP contribution in [0.1, 0.15) is 6.92 Å². The number of rotatable bonds is 5. The van der Waals surface area contributed by atoms with Crippen molar-refractivity contribution < 1.29 is 14.3 Å². The van der Waals surface area contributed by atoms with Gasteiger partial charge in [0, 0.05) is 11.1 Å². The van der Waals surface area contributed by atoms with Crippen molar-refractivity contribution in [3.63, 3.8) is 0 Å². The smallest absolute Gasteiger partial charge is 0.325 e. The first-order chi connectivity index (χ1) is 11.5. The molecule has 0 saturated heterocycles. The molecule has 0 saturated carbocycles. The van der Waals surface area contributed by atoms with Crippen LogP contribution in [0.25, 0.3) is 10.9 Å². The maximum atomic E-state index is 13.3. The van der Waals surface area contributed by atoms with Gasteiger partial charge in [-0.3, -0.25) is 4.79 Å². The number of carbonyl (C=O) groups is 1. The molecule has 1 unspecified atom stereocenters. The van der Waals surface area contributed by atoms with Gasteiger partial charge in [0.2, 0.25) is 5.95 Å². The maximum Gasteiger partial charge on any atom is 0.325 e. The Balaban J connectivity index is 2.01. The zero-order valence-electron chi connectivity index (χ0n) is 12.8. The molecule has 24 heavy (non-hydrogen) atoms. The predicted octanol–water partition coefficient (Wildman–Crippen LogP) is 3.40. The van der Waals surface area contributed by atoms with E-state index < -0.39 is 12.0 Å². The molecule has 122 valence electrons. The van der Waals surface area contributed by atoms with Crippen molar-refractivity contribution in [2.75, 3.05) is 10.6 Å². The Bertz CT molecular complexity index is 901. The van der Waals surface area contributed by atoms with Gasteiger partial charge in [-0.05, 0) is 37.3 Å². The Morgan fingerprint density at radius 2 is 1.96 bits per heavy atom. The van der Waals surface area contributed by atoms with Crippen molar-refractivity contribution in [2.45, 2.75) is 13.0 Å². The lowest BCUT2D eigenvalue weighted by atomic mass is 10.2. The SMILES string of the molecule is CC(Nc1nc(Nc2cccc(F)c2)nc2ccccc12)C(=O)O. The molecule has 1 atom stereocenters. The third-order valence-electron chi connectivity index (χ3n) is 3.41. The molecular weight excluding hydrogens is 311 g/mol. The molecule has 3 rings (SSSR count). The maximum absolute atomic E-state index is 13.3. The van der Waals surface area contributed by atoms with Crippen molar-refractivity contribution in [1.29, 1.82) is 0 Å². The number of hydrogen-bond donors (Lipinski definition) is 3. The standard InChI is InChI=1S/C17H15FN4O2/c1-10(16(23)24)19-15-13-7-2-3-8-14(13)21-17(22-15)20-12-6-4-5-11(18)9-12/h2-10H,1H3,(H,23,24)(H2,19,20,21,22). The molecular formula is C17H15FN4O2. The summed E-state index contributed by atoms with van der Waals surface area (Å²) in [6, 6.07) is 12.4. The molecule has 3 N–H and O–H groups in total. The van der Waals surface area contributed by atoms with Gasteiger partial charge in [-0.1, -0.05) is 18.2 Å². The molecule has 0 spiro atoms. The number of para-hydroxylation sites is 1. The second-order valence-corrected chi connectivity index (χ2v) is 5.25. The fourth-order valence-corrected chi connectivity index (χ4v) is 2.20. The first kappa shape index (κ1) is 15.7. The Hall–Kier alpha value is -3.22. The van der Waals surface area contributed by atoms with Crippen LogP contribution >= 0.6 is 0 Å². The second kappa shape index (κ2) is 6.49. The van der Waals surface area contributed by atoms with Gasteiger partial charge >= 0.3 is 5.97 Å². The summed E-state index contributed by atoms with van der Waals surface area (Å²) in [7, 11) is 0. The van der Waals surface area contributed by atoms with Gasteiger partial charge < -0.3 is 15.7 Å². The third-order valence-corrected chi connectivity index (χ3v) is 3.41. The molecule has 0 amide bonds. The van der Waals surface area contributed by atoms with E-state index in [0.717, 1.165) is 0 Å². The topological polar surface area (TPSA) is 87.1 Å². The summed E-state index contributed by atoms with van der Waals surface area (Å²) in [5, 5.41) is 15.6. The van der Waals surface area contributed by atoms with E-state index in [1.807, 2.05) is 12.1 Å². The number of carboxylic acids is 1. The quantitative estimate of drug-likeness (QED) is 0.666. The van der Waals surface area contributed by atoms with Crippen LogP contribution in [0.5, 0.6) is 0 Å². The molecule has 2 aromatic carbocycles. The zero-order valence-corrected chi connectivity index (χ0v) is 12.8. The van der Waals surface area contributed by atoms with Crippen LogP contribution < -0.4 is 10.6 Å². The number of aliphatic carboxylic acids is 1. The van der Waals surface area contributed by atoms with Crippen molar-refractivity contribution in [1.82, 2.24) is 9.97 Å². The van der Waals surface area contributed by atoms with Crippen LogP contribution in [0.15, 0.2) is 48.5 Å². The zero-order chi connectivity index (χ0) is 17.1. The van der Waals surface area contributed by atoms with E-state index in [1.54, 1.807) is 24.3 Å². The molecule has 3 aromatic rings. The van der Waals surface area contributed by atoms with Crippen LogP contribution in [0, 0.1) is 5.82 Å². The number of halogens is 1. The summed E-state index contributed by atoms with van der Waals surface area (Å²) < 4.78 is 13.3. The Kier molecular flexibility index (Phi) is 4.24. The monoisotopic (exact) mass is 326 g/mol. The highest BCUT2D eigenvalue weighted by atomic mass is 19.1. The van der Waals surface area contributed by atoms with Crippen LogP contribution in [0.3, 0.4) is 0 Å². The van der Waals surface area contributed by atoms with E-state index in [2.05, 4.69) is 20.6 Å². The Morgan fingerprint density at radius 3 is 2.71 bits per heavy atom. The van der Waals surface area contributed by atoms with Crippen LogP contribution in [0.2, 0.25) is 0 Å². The molecule has 1 aromatic heterocycles. The predicted molar refractivity (Wildman–Crippen MR) is 89.9 cm³/mol. The fourth-order valence-electron chi connectivity index (χ4n) is 2.20. The van der Waals surface area contributed by atoms with Crippen molar-refractivity contribution in [3.05, 3.63) is 54.3 Å². The molecule has 0 bridgehead atoms. The molecule has 0 fully saturated rings. The van der Waals surface area contributed by atoms with E-state index in [4.69, 9.17) is 5.11 Å². The van der Waals surface area contributed by atoms with Crippen molar-refractivity contribution in [3.8, 4) is 0 Å². The van der Waals surface area contributed by atoms with Crippen LogP contribution in [-0.4, -0.2) is 27.1 Å². The normalized spacial score (nSPS) is 11.9. The molecule has 7 heteroatoms. The van der Waals surface area contributed by atoms with Gasteiger partial charge in [-0.25, -0.2) is 9.37 Å². The summed E-state index contributed by atoms with van der Waals surface area (Å²) in [4.78, 5) is 19.8. The summed E-state index contributed by atoms with van der Waals surface area (Å²) >= 11 is 0. The van der Waals surface area contributed by atoms with E-state index in [0.29, 0.717) is 22.4 Å². The van der Waals surface area contributed by atoms with Crippen molar-refractivity contribution in [2.24, 2.45) is 0 Å². The Morgan fingerprint density at radius 1 is 1.17 bits per heavy atom. The highest BCUT2D eigenvalue weighted by molar-refractivity contribution is 5.91. The minimum Gasteiger partial charge on any atom is -0.480 e. The van der Waals surface area contributed by atoms with Gasteiger partial charge in [-0.15, -0.1) is 0 Å².